The fraction of sp³-hybridized carbons (Fsp3) is 0.889. The van der Waals surface area contributed by atoms with Crippen molar-refractivity contribution in [2.75, 3.05) is 6.61 Å². The van der Waals surface area contributed by atoms with Gasteiger partial charge >= 0.3 is 0 Å². The third-order valence-electron chi connectivity index (χ3n) is 1.63. The molecule has 0 saturated heterocycles. The van der Waals surface area contributed by atoms with Gasteiger partial charge in [-0.05, 0) is 19.3 Å². The Kier molecular flexibility index (Phi) is 7.47. The molecule has 0 amide bonds. The van der Waals surface area contributed by atoms with E-state index in [1.54, 1.807) is 0 Å². The van der Waals surface area contributed by atoms with Crippen LogP contribution in [-0.2, 0) is 9.90 Å². The molecule has 0 spiro atoms. The van der Waals surface area contributed by atoms with Crippen LogP contribution in [0.3, 0.4) is 0 Å². The summed E-state index contributed by atoms with van der Waals surface area (Å²) in [5.41, 5.74) is 0. The zero-order valence-corrected chi connectivity index (χ0v) is 7.27. The molecule has 2 nitrogen and oxygen atoms in total. The molecule has 0 aliphatic heterocycles. The predicted molar refractivity (Wildman–Crippen MR) is 43.9 cm³/mol. The van der Waals surface area contributed by atoms with Crippen LogP contribution in [0.25, 0.3) is 0 Å². The van der Waals surface area contributed by atoms with Gasteiger partial charge in [0.1, 0.15) is 5.78 Å². The topological polar surface area (TPSA) is 37.0 Å². The minimum atomic E-state index is 0.00195. The molecular weight excluding hydrogens is 140 g/mol. The number of hydrogen-bond acceptors (Lipinski definition) is 1. The lowest BCUT2D eigenvalue weighted by Crippen LogP contribution is -1.96. The summed E-state index contributed by atoms with van der Waals surface area (Å²) in [7, 11) is 0. The number of Topliss-reactive ketones (excluding diaryl/α,β-unsaturated/α-hetero) is 1. The third-order valence-corrected chi connectivity index (χ3v) is 1.63. The fourth-order valence-corrected chi connectivity index (χ4v) is 1.00. The molecular formula is C9H17O2. The highest BCUT2D eigenvalue weighted by molar-refractivity contribution is 5.78. The molecule has 0 saturated carbocycles. The Morgan fingerprint density at radius 1 is 1.09 bits per heavy atom. The summed E-state index contributed by atoms with van der Waals surface area (Å²) in [5, 5.41) is 10.0. The van der Waals surface area contributed by atoms with Crippen molar-refractivity contribution in [3.05, 3.63) is 0 Å². The highest BCUT2D eigenvalue weighted by Gasteiger charge is 1.98. The van der Waals surface area contributed by atoms with Crippen LogP contribution < -0.4 is 0 Å². The maximum absolute atomic E-state index is 10.9. The molecule has 1 radical (unpaired) electrons. The second-order valence-corrected chi connectivity index (χ2v) is 2.80. The van der Waals surface area contributed by atoms with Crippen molar-refractivity contribution >= 4 is 5.78 Å². The summed E-state index contributed by atoms with van der Waals surface area (Å²) in [6, 6.07) is 0. The monoisotopic (exact) mass is 157 g/mol. The van der Waals surface area contributed by atoms with E-state index in [0.717, 1.165) is 25.7 Å². The van der Waals surface area contributed by atoms with E-state index in [0.29, 0.717) is 18.6 Å². The Balaban J connectivity index is 3.04. The van der Waals surface area contributed by atoms with E-state index in [2.05, 4.69) is 0 Å². The molecule has 0 N–H and O–H groups in total. The summed E-state index contributed by atoms with van der Waals surface area (Å²) < 4.78 is 0. The van der Waals surface area contributed by atoms with Crippen LogP contribution in [0.2, 0.25) is 0 Å². The largest absolute Gasteiger partial charge is 0.300 e. The van der Waals surface area contributed by atoms with E-state index >= 15 is 0 Å². The van der Waals surface area contributed by atoms with Gasteiger partial charge in [0.2, 0.25) is 0 Å². The van der Waals surface area contributed by atoms with Gasteiger partial charge in [0.05, 0.1) is 6.61 Å². The Hall–Kier alpha value is -0.370. The van der Waals surface area contributed by atoms with Crippen molar-refractivity contribution in [1.29, 1.82) is 0 Å². The van der Waals surface area contributed by atoms with Crippen molar-refractivity contribution < 1.29 is 9.90 Å². The van der Waals surface area contributed by atoms with Crippen LogP contribution >= 0.6 is 0 Å². The SMILES string of the molecule is CCCC(=O)CCCCC[O]. The molecule has 0 aliphatic carbocycles. The van der Waals surface area contributed by atoms with Crippen molar-refractivity contribution in [2.24, 2.45) is 0 Å². The van der Waals surface area contributed by atoms with Crippen molar-refractivity contribution in [3.63, 3.8) is 0 Å². The standard InChI is InChI=1S/C9H17O2/c1-2-6-9(11)7-4-3-5-8-10/h2-8H2,1H3. The van der Waals surface area contributed by atoms with Crippen molar-refractivity contribution in [2.45, 2.75) is 45.4 Å². The predicted octanol–water partition coefficient (Wildman–Crippen LogP) is 2.35. The summed E-state index contributed by atoms with van der Waals surface area (Å²) in [6.07, 6.45) is 4.87. The Bertz CT molecular complexity index is 99.7. The van der Waals surface area contributed by atoms with E-state index in [4.69, 9.17) is 0 Å². The Morgan fingerprint density at radius 2 is 1.82 bits per heavy atom. The molecule has 0 atom stereocenters. The van der Waals surface area contributed by atoms with Crippen LogP contribution in [0.1, 0.15) is 45.4 Å². The molecule has 0 bridgehead atoms. The summed E-state index contributed by atoms with van der Waals surface area (Å²) in [4.78, 5) is 10.9. The maximum atomic E-state index is 10.9. The van der Waals surface area contributed by atoms with Gasteiger partial charge in [-0.2, -0.15) is 0 Å². The van der Waals surface area contributed by atoms with Gasteiger partial charge in [0, 0.05) is 12.8 Å². The lowest BCUT2D eigenvalue weighted by Gasteiger charge is -1.97. The van der Waals surface area contributed by atoms with Crippen LogP contribution in [0.15, 0.2) is 0 Å². The lowest BCUT2D eigenvalue weighted by atomic mass is 10.1. The minimum Gasteiger partial charge on any atom is -0.300 e. The van der Waals surface area contributed by atoms with E-state index in [1.165, 1.54) is 0 Å². The number of carbonyl (C=O) groups is 1. The maximum Gasteiger partial charge on any atom is 0.132 e. The fourth-order valence-electron chi connectivity index (χ4n) is 1.00. The molecule has 0 aromatic heterocycles. The normalized spacial score (nSPS) is 10.0. The molecule has 0 aromatic rings. The summed E-state index contributed by atoms with van der Waals surface area (Å²) in [6.45, 7) is 2.01. The average Bonchev–Trinajstić information content (AvgIpc) is 1.99. The number of carbonyl (C=O) groups excluding carboxylic acids is 1. The van der Waals surface area contributed by atoms with Crippen LogP contribution in [-0.4, -0.2) is 12.4 Å². The molecule has 0 heterocycles. The van der Waals surface area contributed by atoms with E-state index < -0.39 is 0 Å². The lowest BCUT2D eigenvalue weighted by molar-refractivity contribution is -0.119. The second kappa shape index (κ2) is 7.73. The first-order valence-electron chi connectivity index (χ1n) is 4.41. The van der Waals surface area contributed by atoms with Gasteiger partial charge in [-0.15, -0.1) is 0 Å². The third kappa shape index (κ3) is 7.53. The highest BCUT2D eigenvalue weighted by atomic mass is 16.2. The first-order valence-corrected chi connectivity index (χ1v) is 4.41. The molecule has 0 fully saturated rings. The van der Waals surface area contributed by atoms with E-state index in [-0.39, 0.29) is 6.61 Å². The first-order chi connectivity index (χ1) is 5.31. The van der Waals surface area contributed by atoms with Gasteiger partial charge in [-0.3, -0.25) is 4.79 Å². The number of hydrogen-bond donors (Lipinski definition) is 0. The van der Waals surface area contributed by atoms with E-state index in [9.17, 15) is 9.90 Å². The number of ketones is 1. The van der Waals surface area contributed by atoms with Crippen molar-refractivity contribution in [1.82, 2.24) is 0 Å². The molecule has 0 aromatic carbocycles. The van der Waals surface area contributed by atoms with Gasteiger partial charge < -0.3 is 0 Å². The van der Waals surface area contributed by atoms with Gasteiger partial charge in [0.25, 0.3) is 0 Å². The van der Waals surface area contributed by atoms with Gasteiger partial charge in [0.15, 0.2) is 0 Å². The summed E-state index contributed by atoms with van der Waals surface area (Å²) >= 11 is 0. The molecule has 0 unspecified atom stereocenters. The van der Waals surface area contributed by atoms with Crippen LogP contribution in [0.5, 0.6) is 0 Å². The molecule has 0 rings (SSSR count). The van der Waals surface area contributed by atoms with Crippen LogP contribution in [0.4, 0.5) is 0 Å². The number of unbranched alkanes of at least 4 members (excludes halogenated alkanes) is 2. The second-order valence-electron chi connectivity index (χ2n) is 2.80. The summed E-state index contributed by atoms with van der Waals surface area (Å²) in [5.74, 6) is 0.346. The zero-order chi connectivity index (χ0) is 8.53. The molecule has 2 heteroatoms. The van der Waals surface area contributed by atoms with Gasteiger partial charge in [-0.1, -0.05) is 13.3 Å². The molecule has 0 aliphatic rings. The Labute approximate surface area is 68.6 Å². The van der Waals surface area contributed by atoms with Crippen LogP contribution in [0, 0.1) is 0 Å². The zero-order valence-electron chi connectivity index (χ0n) is 7.27. The first kappa shape index (κ1) is 10.6. The molecule has 11 heavy (non-hydrogen) atoms. The number of rotatable bonds is 7. The smallest absolute Gasteiger partial charge is 0.132 e. The quantitative estimate of drug-likeness (QED) is 0.522. The molecule has 65 valence electrons. The van der Waals surface area contributed by atoms with E-state index in [1.807, 2.05) is 6.92 Å². The van der Waals surface area contributed by atoms with Crippen molar-refractivity contribution in [3.8, 4) is 0 Å². The van der Waals surface area contributed by atoms with Gasteiger partial charge in [-0.25, -0.2) is 5.11 Å². The highest BCUT2D eigenvalue weighted by Crippen LogP contribution is 2.02. The average molecular weight is 157 g/mol. The Morgan fingerprint density at radius 3 is 2.36 bits per heavy atom. The minimum absolute atomic E-state index is 0.00195.